The van der Waals surface area contributed by atoms with E-state index in [1.54, 1.807) is 22.8 Å². The van der Waals surface area contributed by atoms with Crippen LogP contribution in [0.15, 0.2) is 53.2 Å². The lowest BCUT2D eigenvalue weighted by Crippen LogP contribution is -2.13. The number of pyridine rings is 1. The topological polar surface area (TPSA) is 72.0 Å². The summed E-state index contributed by atoms with van der Waals surface area (Å²) in [5, 5.41) is 7.58. The number of carbonyl (C=O) groups excluding carboxylic acids is 2. The lowest BCUT2D eigenvalue weighted by molar-refractivity contribution is 0.100. The predicted molar refractivity (Wildman–Crippen MR) is 105 cm³/mol. The van der Waals surface area contributed by atoms with Gasteiger partial charge in [0.15, 0.2) is 10.9 Å². The summed E-state index contributed by atoms with van der Waals surface area (Å²) in [6, 6.07) is 13.3. The number of carbonyl (C=O) groups is 2. The standard InChI is InChI=1S/C19H13N3O2S2/c1-11(23)16-10-26-19(21-16)22-18(24)13-9-15(17-7-4-8-25-17)20-14-6-3-2-5-12(13)14/h2-10H,1H3,(H,21,22,24). The van der Waals surface area contributed by atoms with Crippen molar-refractivity contribution in [2.45, 2.75) is 6.92 Å². The van der Waals surface area contributed by atoms with Crippen LogP contribution in [0.25, 0.3) is 21.5 Å². The normalized spacial score (nSPS) is 10.8. The van der Waals surface area contributed by atoms with E-state index in [0.29, 0.717) is 16.4 Å². The van der Waals surface area contributed by atoms with E-state index in [0.717, 1.165) is 21.5 Å². The summed E-state index contributed by atoms with van der Waals surface area (Å²) in [4.78, 5) is 34.1. The molecule has 0 aliphatic heterocycles. The average Bonchev–Trinajstić information content (AvgIpc) is 3.32. The first kappa shape index (κ1) is 16.6. The summed E-state index contributed by atoms with van der Waals surface area (Å²) in [5.74, 6) is -0.401. The molecule has 7 heteroatoms. The van der Waals surface area contributed by atoms with Crippen LogP contribution in [0.2, 0.25) is 0 Å². The van der Waals surface area contributed by atoms with Crippen LogP contribution in [-0.4, -0.2) is 21.7 Å². The quantitative estimate of drug-likeness (QED) is 0.513. The molecule has 0 saturated carbocycles. The second-order valence-corrected chi connectivity index (χ2v) is 7.40. The number of rotatable bonds is 4. The van der Waals surface area contributed by atoms with Crippen molar-refractivity contribution in [2.24, 2.45) is 0 Å². The lowest BCUT2D eigenvalue weighted by Gasteiger charge is -2.08. The molecule has 0 bridgehead atoms. The molecule has 0 saturated heterocycles. The third-order valence-corrected chi connectivity index (χ3v) is 5.47. The van der Waals surface area contributed by atoms with E-state index in [1.165, 1.54) is 18.3 Å². The zero-order chi connectivity index (χ0) is 18.1. The largest absolute Gasteiger partial charge is 0.298 e. The Hall–Kier alpha value is -2.90. The number of aromatic nitrogens is 2. The molecule has 3 aromatic heterocycles. The summed E-state index contributed by atoms with van der Waals surface area (Å²) in [5.41, 5.74) is 2.39. The Morgan fingerprint density at radius 2 is 1.88 bits per heavy atom. The predicted octanol–water partition coefficient (Wildman–Crippen LogP) is 4.87. The third-order valence-electron chi connectivity index (χ3n) is 3.82. The Bertz CT molecular complexity index is 1120. The van der Waals surface area contributed by atoms with Gasteiger partial charge in [0.2, 0.25) is 0 Å². The SMILES string of the molecule is CC(=O)c1csc(NC(=O)c2cc(-c3cccs3)nc3ccccc23)n1. The van der Waals surface area contributed by atoms with Crippen molar-refractivity contribution < 1.29 is 9.59 Å². The van der Waals surface area contributed by atoms with Gasteiger partial charge in [-0.05, 0) is 23.6 Å². The summed E-state index contributed by atoms with van der Waals surface area (Å²) < 4.78 is 0. The molecule has 0 aliphatic carbocycles. The van der Waals surface area contributed by atoms with Crippen LogP contribution in [0.3, 0.4) is 0 Å². The minimum atomic E-state index is -0.272. The second kappa shape index (κ2) is 6.78. The number of hydrogen-bond donors (Lipinski definition) is 1. The van der Waals surface area contributed by atoms with Gasteiger partial charge in [0.05, 0.1) is 21.7 Å². The molecule has 4 rings (SSSR count). The van der Waals surface area contributed by atoms with Gasteiger partial charge in [0, 0.05) is 17.7 Å². The first-order chi connectivity index (χ1) is 12.6. The number of anilines is 1. The molecule has 0 atom stereocenters. The van der Waals surface area contributed by atoms with Crippen LogP contribution in [-0.2, 0) is 0 Å². The van der Waals surface area contributed by atoms with Gasteiger partial charge >= 0.3 is 0 Å². The third kappa shape index (κ3) is 3.14. The maximum absolute atomic E-state index is 12.9. The highest BCUT2D eigenvalue weighted by atomic mass is 32.1. The van der Waals surface area contributed by atoms with E-state index >= 15 is 0 Å². The number of nitrogens with one attached hydrogen (secondary N) is 1. The molecule has 3 heterocycles. The molecule has 26 heavy (non-hydrogen) atoms. The lowest BCUT2D eigenvalue weighted by atomic mass is 10.1. The minimum Gasteiger partial charge on any atom is -0.298 e. The van der Waals surface area contributed by atoms with Crippen molar-refractivity contribution in [1.82, 2.24) is 9.97 Å². The van der Waals surface area contributed by atoms with E-state index in [2.05, 4.69) is 15.3 Å². The van der Waals surface area contributed by atoms with E-state index in [-0.39, 0.29) is 11.7 Å². The van der Waals surface area contributed by atoms with E-state index in [9.17, 15) is 9.59 Å². The molecule has 5 nitrogen and oxygen atoms in total. The van der Waals surface area contributed by atoms with Crippen molar-refractivity contribution >= 4 is 50.4 Å². The highest BCUT2D eigenvalue weighted by Crippen LogP contribution is 2.28. The maximum atomic E-state index is 12.9. The fraction of sp³-hybridized carbons (Fsp3) is 0.0526. The molecule has 0 fully saturated rings. The number of benzene rings is 1. The molecule has 4 aromatic rings. The fourth-order valence-corrected chi connectivity index (χ4v) is 4.00. The van der Waals surface area contributed by atoms with Crippen LogP contribution in [0.5, 0.6) is 0 Å². The van der Waals surface area contributed by atoms with E-state index in [1.807, 2.05) is 41.8 Å². The van der Waals surface area contributed by atoms with Gasteiger partial charge in [-0.1, -0.05) is 24.3 Å². The molecule has 1 amide bonds. The summed E-state index contributed by atoms with van der Waals surface area (Å²) in [7, 11) is 0. The van der Waals surface area contributed by atoms with E-state index < -0.39 is 0 Å². The number of nitrogens with zero attached hydrogens (tertiary/aromatic N) is 2. The van der Waals surface area contributed by atoms with Crippen LogP contribution >= 0.6 is 22.7 Å². The first-order valence-electron chi connectivity index (χ1n) is 7.83. The summed E-state index contributed by atoms with van der Waals surface area (Å²) in [6.07, 6.45) is 0. The number of hydrogen-bond acceptors (Lipinski definition) is 6. The van der Waals surface area contributed by atoms with Crippen LogP contribution < -0.4 is 5.32 Å². The summed E-state index contributed by atoms with van der Waals surface area (Å²) in [6.45, 7) is 1.45. The zero-order valence-corrected chi connectivity index (χ0v) is 15.4. The smallest absolute Gasteiger partial charge is 0.258 e. The Morgan fingerprint density at radius 1 is 1.04 bits per heavy atom. The molecular weight excluding hydrogens is 366 g/mol. The van der Waals surface area contributed by atoms with Crippen molar-refractivity contribution in [3.05, 3.63) is 64.5 Å². The van der Waals surface area contributed by atoms with Gasteiger partial charge in [-0.3, -0.25) is 14.9 Å². The van der Waals surface area contributed by atoms with Crippen LogP contribution in [0.4, 0.5) is 5.13 Å². The van der Waals surface area contributed by atoms with E-state index in [4.69, 9.17) is 0 Å². The van der Waals surface area contributed by atoms with Gasteiger partial charge in [-0.25, -0.2) is 9.97 Å². The number of fused-ring (bicyclic) bond motifs is 1. The number of ketones is 1. The number of thiophene rings is 1. The molecule has 1 N–H and O–H groups in total. The molecule has 128 valence electrons. The second-order valence-electron chi connectivity index (χ2n) is 5.60. The van der Waals surface area contributed by atoms with Crippen LogP contribution in [0, 0.1) is 0 Å². The average molecular weight is 379 g/mol. The van der Waals surface area contributed by atoms with Gasteiger partial charge in [-0.15, -0.1) is 22.7 Å². The van der Waals surface area contributed by atoms with Crippen LogP contribution in [0.1, 0.15) is 27.8 Å². The van der Waals surface area contributed by atoms with Crippen molar-refractivity contribution in [3.8, 4) is 10.6 Å². The van der Waals surface area contributed by atoms with Crippen molar-refractivity contribution in [1.29, 1.82) is 0 Å². The molecule has 0 radical (unpaired) electrons. The Labute approximate surface area is 157 Å². The van der Waals surface area contributed by atoms with Gasteiger partial charge in [0.1, 0.15) is 5.69 Å². The number of para-hydroxylation sites is 1. The fourth-order valence-electron chi connectivity index (χ4n) is 2.57. The zero-order valence-electron chi connectivity index (χ0n) is 13.7. The molecule has 0 aliphatic rings. The monoisotopic (exact) mass is 379 g/mol. The Kier molecular flexibility index (Phi) is 4.32. The van der Waals surface area contributed by atoms with Crippen molar-refractivity contribution in [2.75, 3.05) is 5.32 Å². The molecule has 1 aromatic carbocycles. The highest BCUT2D eigenvalue weighted by Gasteiger charge is 2.16. The maximum Gasteiger partial charge on any atom is 0.258 e. The highest BCUT2D eigenvalue weighted by molar-refractivity contribution is 7.14. The van der Waals surface area contributed by atoms with Gasteiger partial charge < -0.3 is 0 Å². The van der Waals surface area contributed by atoms with Crippen molar-refractivity contribution in [3.63, 3.8) is 0 Å². The number of thiazole rings is 1. The Morgan fingerprint density at radius 3 is 2.62 bits per heavy atom. The summed E-state index contributed by atoms with van der Waals surface area (Å²) >= 11 is 2.80. The molecular formula is C19H13N3O2S2. The van der Waals surface area contributed by atoms with Gasteiger partial charge in [-0.2, -0.15) is 0 Å². The molecule has 0 spiro atoms. The van der Waals surface area contributed by atoms with Gasteiger partial charge in [0.25, 0.3) is 5.91 Å². The number of amides is 1. The number of Topliss-reactive ketones (excluding diaryl/α,β-unsaturated/α-hetero) is 1. The minimum absolute atomic E-state index is 0.129. The first-order valence-corrected chi connectivity index (χ1v) is 9.59. The Balaban J connectivity index is 1.76. The molecule has 0 unspecified atom stereocenters.